The normalized spacial score (nSPS) is 10.6. The molecule has 1 N–H and O–H groups in total. The van der Waals surface area contributed by atoms with Crippen LogP contribution in [0.25, 0.3) is 22.0 Å². The first-order chi connectivity index (χ1) is 13.2. The van der Waals surface area contributed by atoms with E-state index < -0.39 is 0 Å². The second kappa shape index (κ2) is 7.70. The quantitative estimate of drug-likeness (QED) is 0.480. The first-order valence-electron chi connectivity index (χ1n) is 8.24. The molecule has 0 spiro atoms. The number of hydrogen-bond donors (Lipinski definition) is 1. The first kappa shape index (κ1) is 17.4. The second-order valence-electron chi connectivity index (χ2n) is 5.77. The number of rotatable bonds is 4. The molecule has 132 valence electrons. The van der Waals surface area contributed by atoms with Crippen LogP contribution < -0.4 is 5.32 Å². The van der Waals surface area contributed by atoms with Crippen molar-refractivity contribution in [1.82, 2.24) is 9.97 Å². The van der Waals surface area contributed by atoms with Gasteiger partial charge in [-0.15, -0.1) is 11.3 Å². The minimum absolute atomic E-state index is 0.245. The fourth-order valence-corrected chi connectivity index (χ4v) is 3.64. The number of nitrogens with one attached hydrogen (secondary N) is 1. The maximum absolute atomic E-state index is 12.5. The third-order valence-electron chi connectivity index (χ3n) is 3.92. The highest BCUT2D eigenvalue weighted by Crippen LogP contribution is 2.29. The average Bonchev–Trinajstić information content (AvgIpc) is 3.19. The highest BCUT2D eigenvalue weighted by Gasteiger charge is 2.11. The number of amides is 1. The summed E-state index contributed by atoms with van der Waals surface area (Å²) < 4.78 is 0. The molecule has 0 fully saturated rings. The predicted octanol–water partition coefficient (Wildman–Crippen LogP) is 5.78. The van der Waals surface area contributed by atoms with E-state index in [9.17, 15) is 4.79 Å². The summed E-state index contributed by atoms with van der Waals surface area (Å²) in [6.45, 7) is 0. The number of thiazole rings is 1. The van der Waals surface area contributed by atoms with Crippen LogP contribution in [-0.4, -0.2) is 15.9 Å². The fraction of sp³-hybridized carbons (Fsp3) is 0. The number of halogens is 1. The Labute approximate surface area is 165 Å². The lowest BCUT2D eigenvalue weighted by Gasteiger charge is -2.08. The Morgan fingerprint density at radius 3 is 2.63 bits per heavy atom. The molecule has 0 atom stereocenters. The van der Waals surface area contributed by atoms with Crippen molar-refractivity contribution in [2.75, 3.05) is 5.32 Å². The molecule has 4 nitrogen and oxygen atoms in total. The van der Waals surface area contributed by atoms with E-state index in [0.29, 0.717) is 16.3 Å². The molecule has 4 rings (SSSR count). The zero-order chi connectivity index (χ0) is 18.6. The molecule has 2 heterocycles. The van der Waals surface area contributed by atoms with Crippen molar-refractivity contribution in [3.05, 3.63) is 88.9 Å². The second-order valence-corrected chi connectivity index (χ2v) is 7.03. The molecule has 2 aromatic carbocycles. The van der Waals surface area contributed by atoms with Crippen molar-refractivity contribution in [1.29, 1.82) is 0 Å². The largest absolute Gasteiger partial charge is 0.322 e. The van der Waals surface area contributed by atoms with Gasteiger partial charge in [0.1, 0.15) is 5.01 Å². The topological polar surface area (TPSA) is 54.9 Å². The van der Waals surface area contributed by atoms with Crippen LogP contribution in [0.1, 0.15) is 10.4 Å². The standard InChI is InChI=1S/C21H14ClN3OS/c22-17-9-2-1-8-16(17)20(26)24-15-7-5-6-14(12-15)19-13-27-21(25-19)18-10-3-4-11-23-18/h1-13H,(H,24,26). The van der Waals surface area contributed by atoms with Gasteiger partial charge in [0.2, 0.25) is 0 Å². The maximum Gasteiger partial charge on any atom is 0.257 e. The Morgan fingerprint density at radius 2 is 1.81 bits per heavy atom. The zero-order valence-electron chi connectivity index (χ0n) is 14.1. The van der Waals surface area contributed by atoms with Crippen molar-refractivity contribution in [2.45, 2.75) is 0 Å². The third kappa shape index (κ3) is 3.89. The van der Waals surface area contributed by atoms with Crippen LogP contribution in [0.2, 0.25) is 5.02 Å². The van der Waals surface area contributed by atoms with Crippen LogP contribution in [0, 0.1) is 0 Å². The Bertz CT molecular complexity index is 1100. The van der Waals surface area contributed by atoms with Gasteiger partial charge in [-0.3, -0.25) is 9.78 Å². The minimum atomic E-state index is -0.245. The minimum Gasteiger partial charge on any atom is -0.322 e. The van der Waals surface area contributed by atoms with Crippen molar-refractivity contribution >= 4 is 34.5 Å². The lowest BCUT2D eigenvalue weighted by molar-refractivity contribution is 0.102. The molecule has 6 heteroatoms. The predicted molar refractivity (Wildman–Crippen MR) is 110 cm³/mol. The van der Waals surface area contributed by atoms with Crippen LogP contribution in [-0.2, 0) is 0 Å². The van der Waals surface area contributed by atoms with E-state index in [-0.39, 0.29) is 5.91 Å². The molecule has 0 radical (unpaired) electrons. The van der Waals surface area contributed by atoms with Gasteiger partial charge < -0.3 is 5.32 Å². The van der Waals surface area contributed by atoms with Crippen LogP contribution >= 0.6 is 22.9 Å². The van der Waals surface area contributed by atoms with Gasteiger partial charge in [-0.05, 0) is 36.4 Å². The van der Waals surface area contributed by atoms with E-state index >= 15 is 0 Å². The number of carbonyl (C=O) groups excluding carboxylic acids is 1. The Morgan fingerprint density at radius 1 is 0.963 bits per heavy atom. The maximum atomic E-state index is 12.5. The van der Waals surface area contributed by atoms with Crippen molar-refractivity contribution < 1.29 is 4.79 Å². The Balaban J connectivity index is 1.57. The molecule has 0 bridgehead atoms. The molecular weight excluding hydrogens is 378 g/mol. The van der Waals surface area contributed by atoms with Crippen LogP contribution in [0.3, 0.4) is 0 Å². The third-order valence-corrected chi connectivity index (χ3v) is 5.12. The van der Waals surface area contributed by atoms with Gasteiger partial charge in [0.25, 0.3) is 5.91 Å². The lowest BCUT2D eigenvalue weighted by atomic mass is 10.1. The monoisotopic (exact) mass is 391 g/mol. The van der Waals surface area contributed by atoms with Crippen LogP contribution in [0.4, 0.5) is 5.69 Å². The summed E-state index contributed by atoms with van der Waals surface area (Å²) in [6.07, 6.45) is 1.75. The van der Waals surface area contributed by atoms with Crippen LogP contribution in [0.15, 0.2) is 78.3 Å². The molecule has 0 saturated heterocycles. The van der Waals surface area contributed by atoms with Gasteiger partial charge in [-0.1, -0.05) is 41.9 Å². The van der Waals surface area contributed by atoms with E-state index in [1.54, 1.807) is 30.5 Å². The van der Waals surface area contributed by atoms with E-state index in [1.807, 2.05) is 47.8 Å². The van der Waals surface area contributed by atoms with E-state index in [2.05, 4.69) is 15.3 Å². The molecule has 0 aliphatic heterocycles. The summed E-state index contributed by atoms with van der Waals surface area (Å²) >= 11 is 7.64. The van der Waals surface area contributed by atoms with Gasteiger partial charge in [0.15, 0.2) is 0 Å². The number of aromatic nitrogens is 2. The summed E-state index contributed by atoms with van der Waals surface area (Å²) in [6, 6.07) is 20.3. The number of carbonyl (C=O) groups is 1. The fourth-order valence-electron chi connectivity index (χ4n) is 2.61. The van der Waals surface area contributed by atoms with Gasteiger partial charge in [0.05, 0.1) is 22.0 Å². The number of pyridine rings is 1. The molecule has 27 heavy (non-hydrogen) atoms. The molecule has 2 aromatic heterocycles. The Kier molecular flexibility index (Phi) is 4.96. The first-order valence-corrected chi connectivity index (χ1v) is 9.50. The van der Waals surface area contributed by atoms with Gasteiger partial charge in [0, 0.05) is 22.8 Å². The molecule has 0 unspecified atom stereocenters. The number of hydrogen-bond acceptors (Lipinski definition) is 4. The number of anilines is 1. The molecule has 4 aromatic rings. The summed E-state index contributed by atoms with van der Waals surface area (Å²) in [5.41, 5.74) is 3.73. The summed E-state index contributed by atoms with van der Waals surface area (Å²) in [5, 5.41) is 6.15. The van der Waals surface area contributed by atoms with Gasteiger partial charge in [-0.2, -0.15) is 0 Å². The molecular formula is C21H14ClN3OS. The molecule has 0 aliphatic rings. The summed E-state index contributed by atoms with van der Waals surface area (Å²) in [4.78, 5) is 21.5. The van der Waals surface area contributed by atoms with Gasteiger partial charge in [-0.25, -0.2) is 4.98 Å². The van der Waals surface area contributed by atoms with Gasteiger partial charge >= 0.3 is 0 Å². The number of benzene rings is 2. The average molecular weight is 392 g/mol. The highest BCUT2D eigenvalue weighted by atomic mass is 35.5. The molecule has 0 aliphatic carbocycles. The van der Waals surface area contributed by atoms with E-state index in [4.69, 9.17) is 11.6 Å². The summed E-state index contributed by atoms with van der Waals surface area (Å²) in [7, 11) is 0. The molecule has 0 saturated carbocycles. The van der Waals surface area contributed by atoms with Crippen LogP contribution in [0.5, 0.6) is 0 Å². The number of nitrogens with zero attached hydrogens (tertiary/aromatic N) is 2. The van der Waals surface area contributed by atoms with E-state index in [0.717, 1.165) is 22.0 Å². The van der Waals surface area contributed by atoms with Crippen molar-refractivity contribution in [3.8, 4) is 22.0 Å². The Hall–Kier alpha value is -3.02. The molecule has 1 amide bonds. The van der Waals surface area contributed by atoms with Crippen molar-refractivity contribution in [3.63, 3.8) is 0 Å². The lowest BCUT2D eigenvalue weighted by Crippen LogP contribution is -2.12. The summed E-state index contributed by atoms with van der Waals surface area (Å²) in [5.74, 6) is -0.245. The smallest absolute Gasteiger partial charge is 0.257 e. The van der Waals surface area contributed by atoms with E-state index in [1.165, 1.54) is 11.3 Å². The van der Waals surface area contributed by atoms with Crippen molar-refractivity contribution in [2.24, 2.45) is 0 Å². The highest BCUT2D eigenvalue weighted by molar-refractivity contribution is 7.13. The SMILES string of the molecule is O=C(Nc1cccc(-c2csc(-c3ccccn3)n2)c1)c1ccccc1Cl. The zero-order valence-corrected chi connectivity index (χ0v) is 15.7.